The van der Waals surface area contributed by atoms with E-state index in [1.54, 1.807) is 0 Å². The van der Waals surface area contributed by atoms with Crippen molar-refractivity contribution in [1.29, 1.82) is 0 Å². The zero-order chi connectivity index (χ0) is 17.5. The number of aliphatic hydroxyl groups excluding tert-OH is 8. The highest BCUT2D eigenvalue weighted by Crippen LogP contribution is 2.37. The van der Waals surface area contributed by atoms with Crippen molar-refractivity contribution in [2.75, 3.05) is 13.2 Å². The van der Waals surface area contributed by atoms with Crippen molar-refractivity contribution in [3.63, 3.8) is 0 Å². The predicted octanol–water partition coefficient (Wildman–Crippen LogP) is -6.01. The smallest absolute Gasteiger partial charge is 0.225 e. The molecule has 11 nitrogen and oxygen atoms in total. The van der Waals surface area contributed by atoms with Gasteiger partial charge in [0.15, 0.2) is 0 Å². The Balaban J connectivity index is 2.33. The molecule has 23 heavy (non-hydrogen) atoms. The van der Waals surface area contributed by atoms with Crippen molar-refractivity contribution in [2.24, 2.45) is 0 Å². The fourth-order valence-corrected chi connectivity index (χ4v) is 2.86. The van der Waals surface area contributed by atoms with Crippen LogP contribution >= 0.6 is 0 Å². The molecule has 0 aromatic rings. The van der Waals surface area contributed by atoms with Crippen LogP contribution in [0.25, 0.3) is 0 Å². The highest BCUT2D eigenvalue weighted by molar-refractivity contribution is 5.05. The molecule has 1 unspecified atom stereocenters. The molecule has 11 heteroatoms. The molecule has 0 saturated carbocycles. The molecule has 10 atom stereocenters. The Morgan fingerprint density at radius 2 is 1.22 bits per heavy atom. The average Bonchev–Trinajstić information content (AvgIpc) is 2.54. The van der Waals surface area contributed by atoms with Gasteiger partial charge in [0.25, 0.3) is 0 Å². The van der Waals surface area contributed by atoms with Crippen LogP contribution in [0.15, 0.2) is 0 Å². The maximum atomic E-state index is 10.5. The number of ether oxygens (including phenoxy) is 2. The first-order valence-corrected chi connectivity index (χ1v) is 7.04. The highest BCUT2D eigenvalue weighted by Gasteiger charge is 2.62. The first kappa shape index (κ1) is 18.9. The molecule has 2 aliphatic heterocycles. The topological polar surface area (TPSA) is 201 Å². The van der Waals surface area contributed by atoms with Crippen molar-refractivity contribution < 1.29 is 55.4 Å². The van der Waals surface area contributed by atoms with E-state index in [2.05, 4.69) is 0 Å². The molecule has 0 amide bonds. The van der Waals surface area contributed by atoms with Gasteiger partial charge in [0.05, 0.1) is 13.2 Å². The Bertz CT molecular complexity index is 404. The van der Waals surface area contributed by atoms with Gasteiger partial charge in [-0.15, -0.1) is 0 Å². The predicted molar refractivity (Wildman–Crippen MR) is 68.7 cm³/mol. The standard InChI is InChI=1S/C12H22O11/c13-1-3-5(15)7(17)9(19)11(22-3)12(21)10(20)8(18)6(16)4(2-14)23-12/h3-11,13-21H,1-2H2/t3-,4-,5-,6-,7+,8+,9-,10-,11?,12-/m1/s1. The van der Waals surface area contributed by atoms with Crippen LogP contribution in [0.5, 0.6) is 0 Å². The molecule has 0 aromatic carbocycles. The minimum absolute atomic E-state index is 0.776. The van der Waals surface area contributed by atoms with Crippen LogP contribution in [0.2, 0.25) is 0 Å². The first-order valence-electron chi connectivity index (χ1n) is 7.04. The molecule has 9 N–H and O–H groups in total. The van der Waals surface area contributed by atoms with Crippen molar-refractivity contribution in [3.8, 4) is 0 Å². The van der Waals surface area contributed by atoms with Crippen LogP contribution < -0.4 is 0 Å². The Morgan fingerprint density at radius 3 is 1.74 bits per heavy atom. The van der Waals surface area contributed by atoms with Crippen LogP contribution in [-0.4, -0.2) is 120 Å². The first-order chi connectivity index (χ1) is 10.7. The van der Waals surface area contributed by atoms with E-state index in [9.17, 15) is 35.7 Å². The molecule has 0 radical (unpaired) electrons. The molecule has 2 heterocycles. The van der Waals surface area contributed by atoms with Crippen molar-refractivity contribution in [2.45, 2.75) is 60.7 Å². The molecule has 0 aliphatic carbocycles. The second-order valence-electron chi connectivity index (χ2n) is 5.77. The third-order valence-corrected chi connectivity index (χ3v) is 4.30. The molecule has 0 bridgehead atoms. The Hall–Kier alpha value is -0.440. The normalized spacial score (nSPS) is 54.9. The lowest BCUT2D eigenvalue weighted by Crippen LogP contribution is -2.75. The number of aliphatic hydroxyl groups is 9. The monoisotopic (exact) mass is 342 g/mol. The van der Waals surface area contributed by atoms with Gasteiger partial charge in [0.2, 0.25) is 5.79 Å². The zero-order valence-corrected chi connectivity index (χ0v) is 12.0. The third kappa shape index (κ3) is 2.99. The summed E-state index contributed by atoms with van der Waals surface area (Å²) in [5.74, 6) is -2.82. The van der Waals surface area contributed by atoms with Gasteiger partial charge in [-0.1, -0.05) is 0 Å². The van der Waals surface area contributed by atoms with Gasteiger partial charge in [-0.2, -0.15) is 0 Å². The second-order valence-corrected chi connectivity index (χ2v) is 5.77. The molecule has 2 aliphatic rings. The maximum Gasteiger partial charge on any atom is 0.225 e. The summed E-state index contributed by atoms with van der Waals surface area (Å²) in [6, 6.07) is 0. The van der Waals surface area contributed by atoms with Crippen molar-refractivity contribution >= 4 is 0 Å². The van der Waals surface area contributed by atoms with Gasteiger partial charge < -0.3 is 55.4 Å². The Morgan fingerprint density at radius 1 is 0.696 bits per heavy atom. The number of rotatable bonds is 3. The van der Waals surface area contributed by atoms with E-state index in [-0.39, 0.29) is 0 Å². The molecular weight excluding hydrogens is 320 g/mol. The lowest BCUT2D eigenvalue weighted by Gasteiger charge is -2.52. The van der Waals surface area contributed by atoms with Gasteiger partial charge in [0.1, 0.15) is 54.9 Å². The summed E-state index contributed by atoms with van der Waals surface area (Å²) in [5.41, 5.74) is 0. The van der Waals surface area contributed by atoms with Crippen molar-refractivity contribution in [1.82, 2.24) is 0 Å². The van der Waals surface area contributed by atoms with Crippen molar-refractivity contribution in [3.05, 3.63) is 0 Å². The van der Waals surface area contributed by atoms with E-state index in [0.29, 0.717) is 0 Å². The van der Waals surface area contributed by atoms with E-state index >= 15 is 0 Å². The van der Waals surface area contributed by atoms with Gasteiger partial charge >= 0.3 is 0 Å². The van der Waals surface area contributed by atoms with Crippen LogP contribution in [0.4, 0.5) is 0 Å². The largest absolute Gasteiger partial charge is 0.394 e. The summed E-state index contributed by atoms with van der Waals surface area (Å²) in [7, 11) is 0. The van der Waals surface area contributed by atoms with Crippen LogP contribution in [0.1, 0.15) is 0 Å². The fraction of sp³-hybridized carbons (Fsp3) is 1.00. The molecular formula is C12H22O11. The number of hydrogen-bond acceptors (Lipinski definition) is 11. The molecule has 0 aromatic heterocycles. The van der Waals surface area contributed by atoms with Gasteiger partial charge in [0, 0.05) is 0 Å². The number of hydrogen-bond donors (Lipinski definition) is 9. The molecule has 2 rings (SSSR count). The quantitative estimate of drug-likeness (QED) is 0.236. The lowest BCUT2D eigenvalue weighted by atomic mass is 9.83. The summed E-state index contributed by atoms with van der Waals surface area (Å²) in [6.07, 6.45) is -16.1. The fourth-order valence-electron chi connectivity index (χ4n) is 2.86. The van der Waals surface area contributed by atoms with E-state index in [4.69, 9.17) is 19.7 Å². The summed E-state index contributed by atoms with van der Waals surface area (Å²) in [4.78, 5) is 0. The Kier molecular flexibility index (Phi) is 5.60. The summed E-state index contributed by atoms with van der Waals surface area (Å²) >= 11 is 0. The van der Waals surface area contributed by atoms with Crippen LogP contribution in [0, 0.1) is 0 Å². The van der Waals surface area contributed by atoms with E-state index in [0.717, 1.165) is 0 Å². The molecule has 0 spiro atoms. The van der Waals surface area contributed by atoms with E-state index < -0.39 is 73.9 Å². The Labute approximate surface area is 130 Å². The summed E-state index contributed by atoms with van der Waals surface area (Å²) in [6.45, 7) is -1.60. The maximum absolute atomic E-state index is 10.5. The molecule has 136 valence electrons. The average molecular weight is 342 g/mol. The van der Waals surface area contributed by atoms with Crippen LogP contribution in [-0.2, 0) is 9.47 Å². The SMILES string of the molecule is OC[C@H]1O[C@@](O)(C2O[C@H](CO)[C@@H](O)[C@H](O)[C@H]2O)[C@H](O)[C@@H](O)[C@@H]1O. The summed E-state index contributed by atoms with van der Waals surface area (Å²) in [5, 5.41) is 87.7. The minimum atomic E-state index is -2.82. The van der Waals surface area contributed by atoms with Gasteiger partial charge in [-0.05, 0) is 0 Å². The summed E-state index contributed by atoms with van der Waals surface area (Å²) < 4.78 is 10.1. The second kappa shape index (κ2) is 6.82. The molecule has 2 fully saturated rings. The zero-order valence-electron chi connectivity index (χ0n) is 12.0. The van der Waals surface area contributed by atoms with Gasteiger partial charge in [-0.25, -0.2) is 0 Å². The van der Waals surface area contributed by atoms with Crippen LogP contribution in [0.3, 0.4) is 0 Å². The third-order valence-electron chi connectivity index (χ3n) is 4.30. The minimum Gasteiger partial charge on any atom is -0.394 e. The molecule has 2 saturated heterocycles. The lowest BCUT2D eigenvalue weighted by molar-refractivity contribution is -0.406. The van der Waals surface area contributed by atoms with E-state index in [1.807, 2.05) is 0 Å². The van der Waals surface area contributed by atoms with Gasteiger partial charge in [-0.3, -0.25) is 0 Å². The van der Waals surface area contributed by atoms with E-state index in [1.165, 1.54) is 0 Å². The highest BCUT2D eigenvalue weighted by atomic mass is 16.7.